The van der Waals surface area contributed by atoms with Crippen LogP contribution in [0.4, 0.5) is 0 Å². The van der Waals surface area contributed by atoms with E-state index in [0.717, 1.165) is 31.6 Å². The highest BCUT2D eigenvalue weighted by atomic mass is 35.5. The molecule has 2 heterocycles. The molecule has 0 radical (unpaired) electrons. The van der Waals surface area contributed by atoms with E-state index in [1.54, 1.807) is 0 Å². The van der Waals surface area contributed by atoms with Crippen molar-refractivity contribution in [2.24, 2.45) is 0 Å². The molecule has 1 unspecified atom stereocenters. The summed E-state index contributed by atoms with van der Waals surface area (Å²) in [5.74, 6) is 0.608. The van der Waals surface area contributed by atoms with E-state index in [2.05, 4.69) is 16.5 Å². The van der Waals surface area contributed by atoms with Crippen molar-refractivity contribution >= 4 is 11.6 Å². The number of ether oxygens (including phenoxy) is 1. The summed E-state index contributed by atoms with van der Waals surface area (Å²) in [7, 11) is 0. The number of rotatable bonds is 3. The number of hydrogen-bond donors (Lipinski definition) is 0. The quantitative estimate of drug-likeness (QED) is 0.792. The van der Waals surface area contributed by atoms with Gasteiger partial charge in [0.15, 0.2) is 0 Å². The van der Waals surface area contributed by atoms with Gasteiger partial charge in [-0.25, -0.2) is 4.68 Å². The fraction of sp³-hybridized carbons (Fsp3) is 0.846. The van der Waals surface area contributed by atoms with Crippen LogP contribution >= 0.6 is 11.6 Å². The lowest BCUT2D eigenvalue weighted by molar-refractivity contribution is -0.0911. The van der Waals surface area contributed by atoms with Crippen LogP contribution in [0.2, 0.25) is 0 Å². The molecule has 18 heavy (non-hydrogen) atoms. The topological polar surface area (TPSA) is 39.9 Å². The van der Waals surface area contributed by atoms with Crippen molar-refractivity contribution in [3.8, 4) is 0 Å². The predicted molar refractivity (Wildman–Crippen MR) is 69.9 cm³/mol. The molecule has 1 aromatic rings. The van der Waals surface area contributed by atoms with Crippen molar-refractivity contribution in [2.75, 3.05) is 12.5 Å². The summed E-state index contributed by atoms with van der Waals surface area (Å²) < 4.78 is 8.08. The molecule has 1 spiro atoms. The van der Waals surface area contributed by atoms with Gasteiger partial charge in [-0.1, -0.05) is 18.1 Å². The highest BCUT2D eigenvalue weighted by molar-refractivity contribution is 6.17. The first-order valence-electron chi connectivity index (χ1n) is 6.92. The van der Waals surface area contributed by atoms with Crippen molar-refractivity contribution in [2.45, 2.75) is 56.6 Å². The molecule has 1 saturated carbocycles. The molecule has 0 N–H and O–H groups in total. The Balaban J connectivity index is 1.71. The van der Waals surface area contributed by atoms with E-state index in [1.165, 1.54) is 25.7 Å². The van der Waals surface area contributed by atoms with E-state index in [4.69, 9.17) is 16.3 Å². The van der Waals surface area contributed by atoms with E-state index in [0.29, 0.717) is 11.9 Å². The zero-order chi connectivity index (χ0) is 12.4. The number of alkyl halides is 1. The van der Waals surface area contributed by atoms with Gasteiger partial charge >= 0.3 is 0 Å². The zero-order valence-electron chi connectivity index (χ0n) is 10.6. The van der Waals surface area contributed by atoms with Gasteiger partial charge in [-0.05, 0) is 25.7 Å². The van der Waals surface area contributed by atoms with Crippen LogP contribution in [-0.2, 0) is 11.2 Å². The van der Waals surface area contributed by atoms with Crippen molar-refractivity contribution in [3.63, 3.8) is 0 Å². The summed E-state index contributed by atoms with van der Waals surface area (Å²) in [4.78, 5) is 0. The second-order valence-corrected chi connectivity index (χ2v) is 5.89. The first-order chi connectivity index (χ1) is 8.81. The highest BCUT2D eigenvalue weighted by Crippen LogP contribution is 2.43. The Bertz CT molecular complexity index is 401. The molecule has 0 bridgehead atoms. The molecule has 5 heteroatoms. The SMILES string of the molecule is ClCCc1cn(C2CCOC3(CCCC3)C2)nn1. The Morgan fingerprint density at radius 1 is 1.44 bits per heavy atom. The standard InChI is InChI=1S/C13H20ClN3O/c14-7-3-11-10-17(16-15-11)12-4-8-18-13(9-12)5-1-2-6-13/h10,12H,1-9H2. The van der Waals surface area contributed by atoms with Crippen molar-refractivity contribution in [3.05, 3.63) is 11.9 Å². The summed E-state index contributed by atoms with van der Waals surface area (Å²) in [6.45, 7) is 0.857. The van der Waals surface area contributed by atoms with E-state index in [-0.39, 0.29) is 5.60 Å². The van der Waals surface area contributed by atoms with Crippen LogP contribution in [0.15, 0.2) is 6.20 Å². The van der Waals surface area contributed by atoms with Crippen LogP contribution in [-0.4, -0.2) is 33.1 Å². The van der Waals surface area contributed by atoms with Gasteiger partial charge in [0.25, 0.3) is 0 Å². The largest absolute Gasteiger partial charge is 0.375 e. The van der Waals surface area contributed by atoms with E-state index >= 15 is 0 Å². The molecule has 0 aromatic carbocycles. The summed E-state index contributed by atoms with van der Waals surface area (Å²) in [6.07, 6.45) is 10.0. The highest BCUT2D eigenvalue weighted by Gasteiger charge is 2.40. The predicted octanol–water partition coefficient (Wildman–Crippen LogP) is 2.72. The minimum absolute atomic E-state index is 0.140. The number of halogens is 1. The Morgan fingerprint density at radius 3 is 3.06 bits per heavy atom. The lowest BCUT2D eigenvalue weighted by Gasteiger charge is -2.38. The Morgan fingerprint density at radius 2 is 2.28 bits per heavy atom. The van der Waals surface area contributed by atoms with Crippen LogP contribution < -0.4 is 0 Å². The van der Waals surface area contributed by atoms with Crippen molar-refractivity contribution < 1.29 is 4.74 Å². The number of aryl methyl sites for hydroxylation is 1. The van der Waals surface area contributed by atoms with E-state index in [1.807, 2.05) is 4.68 Å². The molecule has 2 fully saturated rings. The lowest BCUT2D eigenvalue weighted by Crippen LogP contribution is -2.38. The molecular weight excluding hydrogens is 250 g/mol. The number of aromatic nitrogens is 3. The maximum atomic E-state index is 6.05. The van der Waals surface area contributed by atoms with Gasteiger partial charge in [-0.15, -0.1) is 16.7 Å². The molecule has 100 valence electrons. The van der Waals surface area contributed by atoms with Gasteiger partial charge in [0.2, 0.25) is 0 Å². The van der Waals surface area contributed by atoms with Crippen LogP contribution in [0.1, 0.15) is 50.3 Å². The fourth-order valence-electron chi connectivity index (χ4n) is 3.30. The maximum absolute atomic E-state index is 6.05. The van der Waals surface area contributed by atoms with Crippen molar-refractivity contribution in [1.29, 1.82) is 0 Å². The second kappa shape index (κ2) is 5.17. The van der Waals surface area contributed by atoms with Crippen LogP contribution in [0.3, 0.4) is 0 Å². The first-order valence-corrected chi connectivity index (χ1v) is 7.45. The lowest BCUT2D eigenvalue weighted by atomic mass is 9.89. The molecule has 1 aromatic heterocycles. The third-order valence-electron chi connectivity index (χ3n) is 4.26. The van der Waals surface area contributed by atoms with Gasteiger partial charge < -0.3 is 4.74 Å². The van der Waals surface area contributed by atoms with E-state index < -0.39 is 0 Å². The Hall–Kier alpha value is -0.610. The molecule has 1 saturated heterocycles. The van der Waals surface area contributed by atoms with E-state index in [9.17, 15) is 0 Å². The van der Waals surface area contributed by atoms with Gasteiger partial charge in [-0.2, -0.15) is 0 Å². The zero-order valence-corrected chi connectivity index (χ0v) is 11.4. The van der Waals surface area contributed by atoms with Gasteiger partial charge in [0.05, 0.1) is 17.3 Å². The molecule has 1 atom stereocenters. The number of hydrogen-bond acceptors (Lipinski definition) is 3. The minimum Gasteiger partial charge on any atom is -0.375 e. The fourth-order valence-corrected chi connectivity index (χ4v) is 3.49. The minimum atomic E-state index is 0.140. The van der Waals surface area contributed by atoms with Crippen molar-refractivity contribution in [1.82, 2.24) is 15.0 Å². The average molecular weight is 270 g/mol. The smallest absolute Gasteiger partial charge is 0.0839 e. The average Bonchev–Trinajstić information content (AvgIpc) is 3.00. The summed E-state index contributed by atoms with van der Waals surface area (Å²) in [5.41, 5.74) is 1.14. The monoisotopic (exact) mass is 269 g/mol. The van der Waals surface area contributed by atoms with Gasteiger partial charge in [0, 0.05) is 25.1 Å². The third-order valence-corrected chi connectivity index (χ3v) is 4.45. The van der Waals surface area contributed by atoms with Crippen LogP contribution in [0, 0.1) is 0 Å². The molecule has 3 rings (SSSR count). The Kier molecular flexibility index (Phi) is 3.57. The summed E-state index contributed by atoms with van der Waals surface area (Å²) >= 11 is 5.73. The summed E-state index contributed by atoms with van der Waals surface area (Å²) in [5, 5.41) is 8.45. The second-order valence-electron chi connectivity index (χ2n) is 5.51. The molecular formula is C13H20ClN3O. The van der Waals surface area contributed by atoms with Crippen LogP contribution in [0.5, 0.6) is 0 Å². The molecule has 4 nitrogen and oxygen atoms in total. The van der Waals surface area contributed by atoms with Gasteiger partial charge in [0.1, 0.15) is 0 Å². The molecule has 1 aliphatic heterocycles. The Labute approximate surface area is 113 Å². The normalized spacial score (nSPS) is 26.8. The molecule has 1 aliphatic carbocycles. The third kappa shape index (κ3) is 2.41. The molecule has 2 aliphatic rings. The molecule has 0 amide bonds. The van der Waals surface area contributed by atoms with Crippen LogP contribution in [0.25, 0.3) is 0 Å². The first kappa shape index (κ1) is 12.4. The number of nitrogens with zero attached hydrogens (tertiary/aromatic N) is 3. The summed E-state index contributed by atoms with van der Waals surface area (Å²) in [6, 6.07) is 0.452. The maximum Gasteiger partial charge on any atom is 0.0839 e. The van der Waals surface area contributed by atoms with Gasteiger partial charge in [-0.3, -0.25) is 0 Å².